The Hall–Kier alpha value is -3.42. The molecule has 1 amide bonds. The first-order valence-electron chi connectivity index (χ1n) is 10.2. The van der Waals surface area contributed by atoms with E-state index in [1.807, 2.05) is 29.2 Å². The number of rotatable bonds is 7. The Morgan fingerprint density at radius 2 is 1.81 bits per heavy atom. The SMILES string of the molecule is COc1ccc(C2(C(=O)N3CC(c4noc(COc5ccc(F)cc5)n4)C3)CC2)cc1. The van der Waals surface area contributed by atoms with Gasteiger partial charge in [-0.05, 0) is 54.8 Å². The second kappa shape index (κ2) is 7.68. The lowest BCUT2D eigenvalue weighted by atomic mass is 9.90. The van der Waals surface area contributed by atoms with Crippen molar-refractivity contribution in [2.45, 2.75) is 30.8 Å². The van der Waals surface area contributed by atoms with Crippen LogP contribution in [0.1, 0.15) is 36.0 Å². The van der Waals surface area contributed by atoms with Crippen LogP contribution >= 0.6 is 0 Å². The molecule has 1 saturated carbocycles. The number of hydrogen-bond donors (Lipinski definition) is 0. The van der Waals surface area contributed by atoms with Crippen molar-refractivity contribution < 1.29 is 23.2 Å². The third-order valence-electron chi connectivity index (χ3n) is 6.00. The summed E-state index contributed by atoms with van der Waals surface area (Å²) in [5.74, 6) is 2.13. The summed E-state index contributed by atoms with van der Waals surface area (Å²) in [7, 11) is 1.63. The maximum Gasteiger partial charge on any atom is 0.264 e. The normalized spacial score (nSPS) is 17.2. The molecule has 1 saturated heterocycles. The highest BCUT2D eigenvalue weighted by atomic mass is 19.1. The van der Waals surface area contributed by atoms with Gasteiger partial charge in [0.25, 0.3) is 5.89 Å². The van der Waals surface area contributed by atoms with Gasteiger partial charge in [-0.2, -0.15) is 4.98 Å². The number of amides is 1. The fraction of sp³-hybridized carbons (Fsp3) is 0.348. The maximum absolute atomic E-state index is 13.1. The van der Waals surface area contributed by atoms with E-state index in [4.69, 9.17) is 14.0 Å². The van der Waals surface area contributed by atoms with Gasteiger partial charge in [0.1, 0.15) is 17.3 Å². The summed E-state index contributed by atoms with van der Waals surface area (Å²) in [5, 5.41) is 4.04. The highest BCUT2D eigenvalue weighted by Gasteiger charge is 2.55. The fourth-order valence-corrected chi connectivity index (χ4v) is 3.94. The largest absolute Gasteiger partial charge is 0.497 e. The fourth-order valence-electron chi connectivity index (χ4n) is 3.94. The number of carbonyl (C=O) groups is 1. The van der Waals surface area contributed by atoms with Gasteiger partial charge in [0.15, 0.2) is 12.4 Å². The number of hydrogen-bond acceptors (Lipinski definition) is 6. The molecule has 2 heterocycles. The molecule has 0 bridgehead atoms. The monoisotopic (exact) mass is 423 g/mol. The topological polar surface area (TPSA) is 77.7 Å². The molecule has 7 nitrogen and oxygen atoms in total. The minimum absolute atomic E-state index is 0.0546. The Labute approximate surface area is 178 Å². The van der Waals surface area contributed by atoms with Crippen LogP contribution < -0.4 is 9.47 Å². The van der Waals surface area contributed by atoms with E-state index >= 15 is 0 Å². The Morgan fingerprint density at radius 3 is 2.45 bits per heavy atom. The molecule has 8 heteroatoms. The van der Waals surface area contributed by atoms with E-state index in [9.17, 15) is 9.18 Å². The number of likely N-dealkylation sites (tertiary alicyclic amines) is 1. The predicted molar refractivity (Wildman–Crippen MR) is 108 cm³/mol. The third kappa shape index (κ3) is 3.73. The highest BCUT2D eigenvalue weighted by molar-refractivity contribution is 5.92. The summed E-state index contributed by atoms with van der Waals surface area (Å²) < 4.78 is 29.0. The lowest BCUT2D eigenvalue weighted by Crippen LogP contribution is -2.52. The zero-order valence-electron chi connectivity index (χ0n) is 17.1. The van der Waals surface area contributed by atoms with Gasteiger partial charge in [-0.15, -0.1) is 0 Å². The van der Waals surface area contributed by atoms with Crippen LogP contribution in [-0.2, 0) is 16.8 Å². The zero-order valence-corrected chi connectivity index (χ0v) is 17.1. The summed E-state index contributed by atoms with van der Waals surface area (Å²) in [4.78, 5) is 19.4. The van der Waals surface area contributed by atoms with Crippen molar-refractivity contribution in [3.05, 3.63) is 71.6 Å². The Morgan fingerprint density at radius 1 is 1.13 bits per heavy atom. The molecule has 2 aliphatic rings. The van der Waals surface area contributed by atoms with Gasteiger partial charge in [-0.1, -0.05) is 17.3 Å². The van der Waals surface area contributed by atoms with E-state index in [0.717, 1.165) is 24.2 Å². The third-order valence-corrected chi connectivity index (χ3v) is 6.00. The van der Waals surface area contributed by atoms with Crippen LogP contribution in [0.5, 0.6) is 11.5 Å². The molecular weight excluding hydrogens is 401 g/mol. The zero-order chi connectivity index (χ0) is 21.4. The molecule has 0 radical (unpaired) electrons. The van der Waals surface area contributed by atoms with Crippen LogP contribution in [0, 0.1) is 5.82 Å². The number of nitrogens with zero attached hydrogens (tertiary/aromatic N) is 3. The van der Waals surface area contributed by atoms with E-state index in [1.54, 1.807) is 19.2 Å². The number of benzene rings is 2. The highest BCUT2D eigenvalue weighted by Crippen LogP contribution is 2.51. The molecule has 0 N–H and O–H groups in total. The van der Waals surface area contributed by atoms with Gasteiger partial charge in [0, 0.05) is 13.1 Å². The van der Waals surface area contributed by atoms with E-state index in [0.29, 0.717) is 30.6 Å². The first kappa shape index (κ1) is 19.5. The summed E-state index contributed by atoms with van der Waals surface area (Å²) in [6.07, 6.45) is 1.73. The van der Waals surface area contributed by atoms with Gasteiger partial charge in [0.05, 0.1) is 18.4 Å². The van der Waals surface area contributed by atoms with Gasteiger partial charge < -0.3 is 18.9 Å². The molecule has 0 unspecified atom stereocenters. The van der Waals surface area contributed by atoms with Crippen molar-refractivity contribution in [1.82, 2.24) is 15.0 Å². The molecule has 0 atom stereocenters. The van der Waals surface area contributed by atoms with Crippen LogP contribution in [0.3, 0.4) is 0 Å². The summed E-state index contributed by atoms with van der Waals surface area (Å²) in [6, 6.07) is 13.5. The van der Waals surface area contributed by atoms with Crippen LogP contribution in [0.15, 0.2) is 53.1 Å². The number of carbonyl (C=O) groups excluding carboxylic acids is 1. The molecule has 2 aromatic carbocycles. The van der Waals surface area contributed by atoms with Gasteiger partial charge in [0.2, 0.25) is 5.91 Å². The standard InChI is InChI=1S/C23H22FN3O4/c1-29-18-6-2-16(3-7-18)23(10-11-23)22(28)27-12-15(13-27)21-25-20(31-26-21)14-30-19-8-4-17(24)5-9-19/h2-9,15H,10-14H2,1H3. The van der Waals surface area contributed by atoms with Gasteiger partial charge in [-0.3, -0.25) is 4.79 Å². The molecule has 5 rings (SSSR count). The Kier molecular flexibility index (Phi) is 4.84. The van der Waals surface area contributed by atoms with Crippen LogP contribution in [0.25, 0.3) is 0 Å². The van der Waals surface area contributed by atoms with Gasteiger partial charge in [-0.25, -0.2) is 4.39 Å². The van der Waals surface area contributed by atoms with E-state index in [1.165, 1.54) is 12.1 Å². The van der Waals surface area contributed by atoms with Crippen LogP contribution in [0.2, 0.25) is 0 Å². The van der Waals surface area contributed by atoms with Crippen LogP contribution in [0.4, 0.5) is 4.39 Å². The second-order valence-electron chi connectivity index (χ2n) is 8.01. The molecule has 0 spiro atoms. The van der Waals surface area contributed by atoms with E-state index in [-0.39, 0.29) is 24.2 Å². The van der Waals surface area contributed by atoms with Crippen molar-refractivity contribution in [3.8, 4) is 11.5 Å². The van der Waals surface area contributed by atoms with Crippen LogP contribution in [-0.4, -0.2) is 41.1 Å². The minimum Gasteiger partial charge on any atom is -0.497 e. The molecule has 1 aromatic heterocycles. The average molecular weight is 423 g/mol. The van der Waals surface area contributed by atoms with Gasteiger partial charge >= 0.3 is 0 Å². The van der Waals surface area contributed by atoms with Crippen molar-refractivity contribution in [2.75, 3.05) is 20.2 Å². The molecular formula is C23H22FN3O4. The molecule has 1 aliphatic carbocycles. The second-order valence-corrected chi connectivity index (χ2v) is 8.01. The summed E-state index contributed by atoms with van der Waals surface area (Å²) in [6.45, 7) is 1.26. The van der Waals surface area contributed by atoms with Crippen molar-refractivity contribution >= 4 is 5.91 Å². The molecule has 160 valence electrons. The van der Waals surface area contributed by atoms with E-state index < -0.39 is 5.41 Å². The summed E-state index contributed by atoms with van der Waals surface area (Å²) >= 11 is 0. The Balaban J connectivity index is 1.16. The quantitative estimate of drug-likeness (QED) is 0.579. The number of aromatic nitrogens is 2. The Bertz CT molecular complexity index is 1070. The maximum atomic E-state index is 13.1. The van der Waals surface area contributed by atoms with E-state index in [2.05, 4.69) is 10.1 Å². The predicted octanol–water partition coefficient (Wildman–Crippen LogP) is 3.45. The molecule has 2 fully saturated rings. The number of ether oxygens (including phenoxy) is 2. The first-order valence-corrected chi connectivity index (χ1v) is 10.2. The first-order chi connectivity index (χ1) is 15.1. The average Bonchev–Trinajstić information content (AvgIpc) is 3.45. The van der Waals surface area contributed by atoms with Crippen molar-refractivity contribution in [1.29, 1.82) is 0 Å². The van der Waals surface area contributed by atoms with Crippen molar-refractivity contribution in [2.24, 2.45) is 0 Å². The molecule has 31 heavy (non-hydrogen) atoms. The minimum atomic E-state index is -0.400. The summed E-state index contributed by atoms with van der Waals surface area (Å²) in [5.41, 5.74) is 0.643. The molecule has 1 aliphatic heterocycles. The number of methoxy groups -OCH3 is 1. The number of halogens is 1. The van der Waals surface area contributed by atoms with Crippen molar-refractivity contribution in [3.63, 3.8) is 0 Å². The lowest BCUT2D eigenvalue weighted by Gasteiger charge is -2.39. The smallest absolute Gasteiger partial charge is 0.264 e. The molecule has 3 aromatic rings. The lowest BCUT2D eigenvalue weighted by molar-refractivity contribution is -0.138.